The van der Waals surface area contributed by atoms with Crippen LogP contribution >= 0.6 is 11.6 Å². The van der Waals surface area contributed by atoms with Crippen LogP contribution in [0.25, 0.3) is 0 Å². The van der Waals surface area contributed by atoms with Gasteiger partial charge in [0.1, 0.15) is 0 Å². The van der Waals surface area contributed by atoms with Crippen molar-refractivity contribution in [3.8, 4) is 0 Å². The Balaban J connectivity index is 2.41. The van der Waals surface area contributed by atoms with E-state index in [0.29, 0.717) is 24.5 Å². The first-order chi connectivity index (χ1) is 10.5. The van der Waals surface area contributed by atoms with E-state index in [-0.39, 0.29) is 17.8 Å². The number of esters is 1. The summed E-state index contributed by atoms with van der Waals surface area (Å²) in [5.41, 5.74) is 1.17. The number of rotatable bonds is 8. The molecule has 0 radical (unpaired) electrons. The molecule has 4 nitrogen and oxygen atoms in total. The van der Waals surface area contributed by atoms with Gasteiger partial charge >= 0.3 is 5.97 Å². The highest BCUT2D eigenvalue weighted by molar-refractivity contribution is 6.30. The van der Waals surface area contributed by atoms with Gasteiger partial charge in [0.15, 0.2) is 0 Å². The van der Waals surface area contributed by atoms with Gasteiger partial charge in [0.05, 0.1) is 13.0 Å². The van der Waals surface area contributed by atoms with Crippen molar-refractivity contribution in [1.29, 1.82) is 0 Å². The van der Waals surface area contributed by atoms with Gasteiger partial charge in [0.25, 0.3) is 0 Å². The van der Waals surface area contributed by atoms with Gasteiger partial charge in [-0.1, -0.05) is 30.7 Å². The van der Waals surface area contributed by atoms with Gasteiger partial charge in [-0.25, -0.2) is 0 Å². The lowest BCUT2D eigenvalue weighted by Gasteiger charge is -2.23. The summed E-state index contributed by atoms with van der Waals surface area (Å²) >= 11 is 5.84. The van der Waals surface area contributed by atoms with E-state index in [9.17, 15) is 9.59 Å². The molecule has 22 heavy (non-hydrogen) atoms. The van der Waals surface area contributed by atoms with Crippen molar-refractivity contribution in [2.24, 2.45) is 5.92 Å². The van der Waals surface area contributed by atoms with Gasteiger partial charge in [0, 0.05) is 24.5 Å². The summed E-state index contributed by atoms with van der Waals surface area (Å²) in [6.07, 6.45) is 2.10. The maximum absolute atomic E-state index is 12.2. The number of aryl methyl sites for hydroxylation is 1. The average molecular weight is 326 g/mol. The molecule has 122 valence electrons. The fraction of sp³-hybridized carbons (Fsp3) is 0.529. The average Bonchev–Trinajstić information content (AvgIpc) is 2.53. The first-order valence-corrected chi connectivity index (χ1v) is 7.95. The minimum atomic E-state index is -0.301. The molecule has 0 aliphatic heterocycles. The third-order valence-corrected chi connectivity index (χ3v) is 3.85. The summed E-state index contributed by atoms with van der Waals surface area (Å²) in [6.45, 7) is 4.70. The number of benzene rings is 1. The predicted molar refractivity (Wildman–Crippen MR) is 87.8 cm³/mol. The number of hydrogen-bond acceptors (Lipinski definition) is 3. The highest BCUT2D eigenvalue weighted by Gasteiger charge is 2.19. The molecule has 1 aromatic carbocycles. The van der Waals surface area contributed by atoms with E-state index >= 15 is 0 Å². The lowest BCUT2D eigenvalue weighted by atomic mass is 10.1. The normalized spacial score (nSPS) is 11.8. The number of amides is 1. The minimum Gasteiger partial charge on any atom is -0.469 e. The Bertz CT molecular complexity index is 487. The Labute approximate surface area is 137 Å². The summed E-state index contributed by atoms with van der Waals surface area (Å²) in [6, 6.07) is 7.66. The van der Waals surface area contributed by atoms with E-state index < -0.39 is 0 Å². The number of halogens is 1. The molecule has 1 atom stereocenters. The number of carbonyl (C=O) groups is 2. The molecule has 0 N–H and O–H groups in total. The topological polar surface area (TPSA) is 46.6 Å². The number of methoxy groups -OCH3 is 1. The Morgan fingerprint density at radius 3 is 2.45 bits per heavy atom. The summed E-state index contributed by atoms with van der Waals surface area (Å²) in [5, 5.41) is 0.716. The monoisotopic (exact) mass is 325 g/mol. The number of hydrogen-bond donors (Lipinski definition) is 0. The van der Waals surface area contributed by atoms with Crippen LogP contribution in [-0.2, 0) is 20.7 Å². The van der Waals surface area contributed by atoms with Crippen molar-refractivity contribution in [3.05, 3.63) is 34.9 Å². The number of ether oxygens (including phenoxy) is 1. The van der Waals surface area contributed by atoms with Crippen molar-refractivity contribution >= 4 is 23.5 Å². The SMILES string of the molecule is CCN(CC(C)C(=O)OC)C(=O)CCCc1ccc(Cl)cc1. The van der Waals surface area contributed by atoms with E-state index in [1.165, 1.54) is 12.7 Å². The van der Waals surface area contributed by atoms with Crippen molar-refractivity contribution in [3.63, 3.8) is 0 Å². The van der Waals surface area contributed by atoms with Crippen LogP contribution in [0.1, 0.15) is 32.3 Å². The molecule has 1 unspecified atom stereocenters. The van der Waals surface area contributed by atoms with Crippen LogP contribution in [0.15, 0.2) is 24.3 Å². The molecule has 0 aromatic heterocycles. The van der Waals surface area contributed by atoms with Crippen LogP contribution in [0.3, 0.4) is 0 Å². The van der Waals surface area contributed by atoms with Crippen LogP contribution in [0, 0.1) is 5.92 Å². The second-order valence-corrected chi connectivity index (χ2v) is 5.77. The summed E-state index contributed by atoms with van der Waals surface area (Å²) in [4.78, 5) is 25.4. The number of nitrogens with zero attached hydrogens (tertiary/aromatic N) is 1. The molecule has 0 aliphatic carbocycles. The fourth-order valence-corrected chi connectivity index (χ4v) is 2.39. The molecule has 0 aliphatic rings. The molecule has 0 spiro atoms. The Kier molecular flexibility index (Phi) is 7.96. The van der Waals surface area contributed by atoms with Crippen molar-refractivity contribution in [2.45, 2.75) is 33.1 Å². The van der Waals surface area contributed by atoms with Crippen LogP contribution in [0.2, 0.25) is 5.02 Å². The van der Waals surface area contributed by atoms with E-state index in [4.69, 9.17) is 16.3 Å². The van der Waals surface area contributed by atoms with Crippen molar-refractivity contribution in [1.82, 2.24) is 4.90 Å². The third-order valence-electron chi connectivity index (χ3n) is 3.60. The van der Waals surface area contributed by atoms with Crippen LogP contribution in [-0.4, -0.2) is 37.0 Å². The Hall–Kier alpha value is -1.55. The van der Waals surface area contributed by atoms with Crippen LogP contribution < -0.4 is 0 Å². The quantitative estimate of drug-likeness (QED) is 0.689. The zero-order valence-electron chi connectivity index (χ0n) is 13.5. The van der Waals surface area contributed by atoms with Crippen molar-refractivity contribution in [2.75, 3.05) is 20.2 Å². The number of carbonyl (C=O) groups excluding carboxylic acids is 2. The molecule has 0 fully saturated rings. The fourth-order valence-electron chi connectivity index (χ4n) is 2.27. The van der Waals surface area contributed by atoms with E-state index in [0.717, 1.165) is 12.8 Å². The van der Waals surface area contributed by atoms with Crippen molar-refractivity contribution < 1.29 is 14.3 Å². The molecule has 0 saturated carbocycles. The molecule has 0 saturated heterocycles. The molecule has 1 amide bonds. The lowest BCUT2D eigenvalue weighted by molar-refractivity contribution is -0.146. The maximum Gasteiger partial charge on any atom is 0.310 e. The van der Waals surface area contributed by atoms with E-state index in [1.807, 2.05) is 31.2 Å². The standard InChI is InChI=1S/C17H24ClNO3/c1-4-19(12-13(2)17(21)22-3)16(20)7-5-6-14-8-10-15(18)11-9-14/h8-11,13H,4-7,12H2,1-3H3. The predicted octanol–water partition coefficient (Wildman–Crippen LogP) is 3.32. The lowest BCUT2D eigenvalue weighted by Crippen LogP contribution is -2.37. The molecular weight excluding hydrogens is 302 g/mol. The first-order valence-electron chi connectivity index (χ1n) is 7.58. The zero-order chi connectivity index (χ0) is 16.5. The molecule has 5 heteroatoms. The smallest absolute Gasteiger partial charge is 0.310 e. The molecule has 1 aromatic rings. The first kappa shape index (κ1) is 18.5. The van der Waals surface area contributed by atoms with Crippen LogP contribution in [0.5, 0.6) is 0 Å². The highest BCUT2D eigenvalue weighted by atomic mass is 35.5. The van der Waals surface area contributed by atoms with Gasteiger partial charge in [-0.3, -0.25) is 9.59 Å². The van der Waals surface area contributed by atoms with E-state index in [1.54, 1.807) is 11.8 Å². The summed E-state index contributed by atoms with van der Waals surface area (Å²) in [5.74, 6) is -0.509. The van der Waals surface area contributed by atoms with Gasteiger partial charge in [-0.15, -0.1) is 0 Å². The molecule has 1 rings (SSSR count). The molecule has 0 bridgehead atoms. The van der Waals surface area contributed by atoms with Gasteiger partial charge < -0.3 is 9.64 Å². The maximum atomic E-state index is 12.2. The Morgan fingerprint density at radius 2 is 1.91 bits per heavy atom. The largest absolute Gasteiger partial charge is 0.469 e. The van der Waals surface area contributed by atoms with E-state index in [2.05, 4.69) is 0 Å². The zero-order valence-corrected chi connectivity index (χ0v) is 14.2. The Morgan fingerprint density at radius 1 is 1.27 bits per heavy atom. The highest BCUT2D eigenvalue weighted by Crippen LogP contribution is 2.12. The summed E-state index contributed by atoms with van der Waals surface area (Å²) in [7, 11) is 1.36. The van der Waals surface area contributed by atoms with Gasteiger partial charge in [-0.2, -0.15) is 0 Å². The molecule has 0 heterocycles. The second kappa shape index (κ2) is 9.46. The van der Waals surface area contributed by atoms with Gasteiger partial charge in [0.2, 0.25) is 5.91 Å². The van der Waals surface area contributed by atoms with Crippen LogP contribution in [0.4, 0.5) is 0 Å². The van der Waals surface area contributed by atoms with Gasteiger partial charge in [-0.05, 0) is 37.5 Å². The second-order valence-electron chi connectivity index (χ2n) is 5.34. The minimum absolute atomic E-state index is 0.0761. The third kappa shape index (κ3) is 6.06. The summed E-state index contributed by atoms with van der Waals surface area (Å²) < 4.78 is 4.70. The molecular formula is C17H24ClNO3.